The molecule has 3 aromatic rings. The molecule has 1 aliphatic heterocycles. The van der Waals surface area contributed by atoms with Crippen LogP contribution in [0.3, 0.4) is 0 Å². The van der Waals surface area contributed by atoms with Gasteiger partial charge < -0.3 is 15.5 Å². The topological polar surface area (TPSA) is 103 Å². The van der Waals surface area contributed by atoms with Crippen LogP contribution in [0.15, 0.2) is 54.9 Å². The highest BCUT2D eigenvalue weighted by atomic mass is 16.2. The molecule has 1 unspecified atom stereocenters. The van der Waals surface area contributed by atoms with Crippen molar-refractivity contribution in [2.75, 3.05) is 25.0 Å². The Hall–Kier alpha value is -3.68. The van der Waals surface area contributed by atoms with Crippen LogP contribution in [0.1, 0.15) is 30.5 Å². The summed E-state index contributed by atoms with van der Waals surface area (Å²) in [5.41, 5.74) is 4.26. The van der Waals surface area contributed by atoms with Crippen LogP contribution in [0.25, 0.3) is 11.1 Å². The summed E-state index contributed by atoms with van der Waals surface area (Å²) in [5, 5.41) is 13.3. The van der Waals surface area contributed by atoms with Crippen molar-refractivity contribution in [1.29, 1.82) is 0 Å². The molecular formula is C23H26N6O2. The zero-order valence-corrected chi connectivity index (χ0v) is 17.5. The standard InChI is InChI=1S/C23H26N6O2/c1-16(30)25-14-22(31)29-10-8-19(15-29)23-20(13-27-28-23)18-7-9-24-21(11-18)26-12-17-5-3-2-4-6-17/h2-7,9,11,13,19H,8,10,12,14-15H2,1H3,(H,24,26)(H,25,30)(H,27,28). The monoisotopic (exact) mass is 418 g/mol. The Morgan fingerprint density at radius 1 is 1.23 bits per heavy atom. The van der Waals surface area contributed by atoms with Crippen LogP contribution in [0.2, 0.25) is 0 Å². The van der Waals surface area contributed by atoms with Crippen molar-refractivity contribution in [3.8, 4) is 11.1 Å². The number of aromatic amines is 1. The number of amides is 2. The highest BCUT2D eigenvalue weighted by Gasteiger charge is 2.30. The van der Waals surface area contributed by atoms with Gasteiger partial charge in [-0.05, 0) is 29.7 Å². The number of carbonyl (C=O) groups excluding carboxylic acids is 2. The summed E-state index contributed by atoms with van der Waals surface area (Å²) < 4.78 is 0. The molecule has 1 aromatic carbocycles. The summed E-state index contributed by atoms with van der Waals surface area (Å²) in [6.45, 7) is 3.43. The molecule has 1 saturated heterocycles. The van der Waals surface area contributed by atoms with Gasteiger partial charge in [-0.3, -0.25) is 14.7 Å². The van der Waals surface area contributed by atoms with Crippen molar-refractivity contribution in [2.45, 2.75) is 25.8 Å². The molecule has 1 aliphatic rings. The first kappa shape index (κ1) is 20.6. The second kappa shape index (κ2) is 9.42. The lowest BCUT2D eigenvalue weighted by atomic mass is 9.97. The summed E-state index contributed by atoms with van der Waals surface area (Å²) in [5.74, 6) is 0.712. The first-order chi connectivity index (χ1) is 15.1. The summed E-state index contributed by atoms with van der Waals surface area (Å²) in [7, 11) is 0. The Morgan fingerprint density at radius 3 is 2.87 bits per heavy atom. The van der Waals surface area contributed by atoms with Gasteiger partial charge in [-0.25, -0.2) is 4.98 Å². The quantitative estimate of drug-likeness (QED) is 0.547. The highest BCUT2D eigenvalue weighted by Crippen LogP contribution is 2.33. The maximum absolute atomic E-state index is 12.3. The fourth-order valence-electron chi connectivity index (χ4n) is 3.85. The predicted octanol–water partition coefficient (Wildman–Crippen LogP) is 2.54. The molecule has 0 saturated carbocycles. The van der Waals surface area contributed by atoms with Crippen LogP contribution in [0.4, 0.5) is 5.82 Å². The van der Waals surface area contributed by atoms with Crippen LogP contribution in [0.5, 0.6) is 0 Å². The minimum atomic E-state index is -0.200. The molecule has 8 nitrogen and oxygen atoms in total. The minimum Gasteiger partial charge on any atom is -0.366 e. The largest absolute Gasteiger partial charge is 0.366 e. The fraction of sp³-hybridized carbons (Fsp3) is 0.304. The van der Waals surface area contributed by atoms with Crippen LogP contribution in [0, 0.1) is 0 Å². The number of pyridine rings is 1. The molecule has 1 fully saturated rings. The van der Waals surface area contributed by atoms with Crippen molar-refractivity contribution in [3.63, 3.8) is 0 Å². The van der Waals surface area contributed by atoms with E-state index in [-0.39, 0.29) is 24.3 Å². The second-order valence-corrected chi connectivity index (χ2v) is 7.70. The third kappa shape index (κ3) is 5.09. The van der Waals surface area contributed by atoms with E-state index in [0.29, 0.717) is 19.6 Å². The number of H-pyrrole nitrogens is 1. The maximum atomic E-state index is 12.3. The molecule has 2 aromatic heterocycles. The summed E-state index contributed by atoms with van der Waals surface area (Å²) in [4.78, 5) is 29.6. The van der Waals surface area contributed by atoms with Gasteiger partial charge in [0, 0.05) is 49.9 Å². The van der Waals surface area contributed by atoms with Gasteiger partial charge in [0.25, 0.3) is 0 Å². The fourth-order valence-corrected chi connectivity index (χ4v) is 3.85. The molecule has 4 rings (SSSR count). The number of nitrogens with one attached hydrogen (secondary N) is 3. The number of nitrogens with zero attached hydrogens (tertiary/aromatic N) is 3. The Labute approximate surface area is 181 Å². The van der Waals surface area contributed by atoms with Crippen LogP contribution in [-0.4, -0.2) is 51.5 Å². The van der Waals surface area contributed by atoms with E-state index in [4.69, 9.17) is 0 Å². The van der Waals surface area contributed by atoms with Gasteiger partial charge in [-0.1, -0.05) is 30.3 Å². The lowest BCUT2D eigenvalue weighted by Crippen LogP contribution is -2.38. The van der Waals surface area contributed by atoms with E-state index in [9.17, 15) is 9.59 Å². The van der Waals surface area contributed by atoms with Gasteiger partial charge in [0.05, 0.1) is 12.7 Å². The van der Waals surface area contributed by atoms with Gasteiger partial charge in [0.1, 0.15) is 5.82 Å². The number of rotatable bonds is 7. The lowest BCUT2D eigenvalue weighted by molar-refractivity contribution is -0.131. The number of aromatic nitrogens is 3. The van der Waals surface area contributed by atoms with Gasteiger partial charge in [0.2, 0.25) is 11.8 Å². The summed E-state index contributed by atoms with van der Waals surface area (Å²) in [6, 6.07) is 14.2. The Bertz CT molecular complexity index is 1050. The second-order valence-electron chi connectivity index (χ2n) is 7.70. The average Bonchev–Trinajstić information content (AvgIpc) is 3.46. The number of benzene rings is 1. The van der Waals surface area contributed by atoms with Crippen molar-refractivity contribution in [2.24, 2.45) is 0 Å². The van der Waals surface area contributed by atoms with Crippen molar-refractivity contribution < 1.29 is 9.59 Å². The van der Waals surface area contributed by atoms with Crippen LogP contribution in [-0.2, 0) is 16.1 Å². The molecule has 160 valence electrons. The molecule has 3 N–H and O–H groups in total. The maximum Gasteiger partial charge on any atom is 0.241 e. The van der Waals surface area contributed by atoms with E-state index >= 15 is 0 Å². The Balaban J connectivity index is 1.44. The van der Waals surface area contributed by atoms with Gasteiger partial charge >= 0.3 is 0 Å². The molecular weight excluding hydrogens is 392 g/mol. The van der Waals surface area contributed by atoms with Crippen LogP contribution >= 0.6 is 0 Å². The Morgan fingerprint density at radius 2 is 2.06 bits per heavy atom. The molecule has 0 spiro atoms. The zero-order valence-electron chi connectivity index (χ0n) is 17.5. The molecule has 0 bridgehead atoms. The number of hydrogen-bond acceptors (Lipinski definition) is 5. The molecule has 2 amide bonds. The summed E-state index contributed by atoms with van der Waals surface area (Å²) >= 11 is 0. The third-order valence-corrected chi connectivity index (χ3v) is 5.49. The van der Waals surface area contributed by atoms with Crippen molar-refractivity contribution in [3.05, 3.63) is 66.1 Å². The van der Waals surface area contributed by atoms with E-state index in [1.807, 2.05) is 36.5 Å². The minimum absolute atomic E-state index is 0.0404. The Kier molecular flexibility index (Phi) is 6.26. The van der Waals surface area contributed by atoms with Gasteiger partial charge in [-0.15, -0.1) is 0 Å². The highest BCUT2D eigenvalue weighted by molar-refractivity contribution is 5.84. The van der Waals surface area contributed by atoms with Gasteiger partial charge in [0.15, 0.2) is 0 Å². The van der Waals surface area contributed by atoms with Gasteiger partial charge in [-0.2, -0.15) is 5.10 Å². The SMILES string of the molecule is CC(=O)NCC(=O)N1CCC(c2[nH]ncc2-c2ccnc(NCc3ccccc3)c2)C1. The molecule has 8 heteroatoms. The molecule has 31 heavy (non-hydrogen) atoms. The smallest absolute Gasteiger partial charge is 0.241 e. The first-order valence-electron chi connectivity index (χ1n) is 10.4. The van der Waals surface area contributed by atoms with E-state index in [0.717, 1.165) is 29.1 Å². The number of anilines is 1. The lowest BCUT2D eigenvalue weighted by Gasteiger charge is -2.17. The third-order valence-electron chi connectivity index (χ3n) is 5.49. The molecule has 0 radical (unpaired) electrons. The number of hydrogen-bond donors (Lipinski definition) is 3. The first-order valence-corrected chi connectivity index (χ1v) is 10.4. The van der Waals surface area contributed by atoms with Crippen molar-refractivity contribution >= 4 is 17.6 Å². The normalized spacial score (nSPS) is 15.6. The van der Waals surface area contributed by atoms with E-state index in [1.54, 1.807) is 11.1 Å². The van der Waals surface area contributed by atoms with E-state index in [1.165, 1.54) is 12.5 Å². The van der Waals surface area contributed by atoms with Crippen LogP contribution < -0.4 is 10.6 Å². The molecule has 0 aliphatic carbocycles. The van der Waals surface area contributed by atoms with E-state index < -0.39 is 0 Å². The zero-order chi connectivity index (χ0) is 21.6. The predicted molar refractivity (Wildman–Crippen MR) is 118 cm³/mol. The van der Waals surface area contributed by atoms with E-state index in [2.05, 4.69) is 37.9 Å². The molecule has 3 heterocycles. The summed E-state index contributed by atoms with van der Waals surface area (Å²) in [6.07, 6.45) is 4.47. The van der Waals surface area contributed by atoms with Crippen molar-refractivity contribution in [1.82, 2.24) is 25.4 Å². The number of carbonyl (C=O) groups is 2. The molecule has 1 atom stereocenters. The number of likely N-dealkylation sites (tertiary alicyclic amines) is 1. The average molecular weight is 419 g/mol.